The summed E-state index contributed by atoms with van der Waals surface area (Å²) in [5.41, 5.74) is 1.70. The van der Waals surface area contributed by atoms with Gasteiger partial charge in [0.05, 0.1) is 0 Å². The predicted octanol–water partition coefficient (Wildman–Crippen LogP) is 7.61. The molecule has 5 aromatic rings. The average molecular weight is 422 g/mol. The second-order valence-electron chi connectivity index (χ2n) is 7.86. The van der Waals surface area contributed by atoms with Gasteiger partial charge in [0.1, 0.15) is 34.5 Å². The highest BCUT2D eigenvalue weighted by atomic mass is 16.5. The van der Waals surface area contributed by atoms with Crippen LogP contribution in [-0.2, 0) is 0 Å². The summed E-state index contributed by atoms with van der Waals surface area (Å²) in [4.78, 5) is 0. The van der Waals surface area contributed by atoms with E-state index < -0.39 is 0 Å². The summed E-state index contributed by atoms with van der Waals surface area (Å²) in [6.07, 6.45) is 0. The molecule has 0 saturated heterocycles. The Bertz CT molecular complexity index is 1360. The quantitative estimate of drug-likeness (QED) is 0.313. The number of phenols is 2. The van der Waals surface area contributed by atoms with Crippen LogP contribution >= 0.6 is 0 Å². The third kappa shape index (κ3) is 3.67. The molecule has 4 heteroatoms. The Labute approximate surface area is 185 Å². The molecule has 0 saturated carbocycles. The fourth-order valence-corrected chi connectivity index (χ4v) is 3.90. The first-order valence-electron chi connectivity index (χ1n) is 10.4. The number of ether oxygens (including phenoxy) is 2. The smallest absolute Gasteiger partial charge is 0.131 e. The van der Waals surface area contributed by atoms with Crippen molar-refractivity contribution in [2.45, 2.75) is 13.8 Å². The number of hydrogen-bond donors (Lipinski definition) is 2. The molecule has 158 valence electrons. The zero-order valence-electron chi connectivity index (χ0n) is 17.8. The van der Waals surface area contributed by atoms with Crippen LogP contribution in [0.2, 0.25) is 0 Å². The summed E-state index contributed by atoms with van der Waals surface area (Å²) in [6, 6.07) is 26.2. The molecule has 0 heterocycles. The minimum Gasteiger partial charge on any atom is -0.508 e. The average Bonchev–Trinajstić information content (AvgIpc) is 2.79. The first-order valence-corrected chi connectivity index (χ1v) is 10.4. The largest absolute Gasteiger partial charge is 0.508 e. The van der Waals surface area contributed by atoms with Gasteiger partial charge in [-0.15, -0.1) is 0 Å². The Morgan fingerprint density at radius 2 is 0.938 bits per heavy atom. The maximum atomic E-state index is 9.90. The summed E-state index contributed by atoms with van der Waals surface area (Å²) < 4.78 is 12.1. The van der Waals surface area contributed by atoms with Crippen LogP contribution in [0.1, 0.15) is 11.1 Å². The monoisotopic (exact) mass is 422 g/mol. The van der Waals surface area contributed by atoms with E-state index in [4.69, 9.17) is 9.47 Å². The van der Waals surface area contributed by atoms with Gasteiger partial charge < -0.3 is 19.7 Å². The van der Waals surface area contributed by atoms with E-state index in [1.807, 2.05) is 86.6 Å². The van der Waals surface area contributed by atoms with Gasteiger partial charge in [0.25, 0.3) is 0 Å². The zero-order valence-corrected chi connectivity index (χ0v) is 17.8. The Morgan fingerprint density at radius 3 is 1.41 bits per heavy atom. The van der Waals surface area contributed by atoms with Crippen molar-refractivity contribution >= 4 is 21.5 Å². The predicted molar refractivity (Wildman–Crippen MR) is 127 cm³/mol. The number of hydrogen-bond acceptors (Lipinski definition) is 4. The molecule has 32 heavy (non-hydrogen) atoms. The van der Waals surface area contributed by atoms with Crippen molar-refractivity contribution in [1.82, 2.24) is 0 Å². The van der Waals surface area contributed by atoms with E-state index in [-0.39, 0.29) is 11.5 Å². The molecular weight excluding hydrogens is 400 g/mol. The van der Waals surface area contributed by atoms with Gasteiger partial charge in [0, 0.05) is 6.07 Å². The molecule has 0 unspecified atom stereocenters. The van der Waals surface area contributed by atoms with Gasteiger partial charge in [-0.05, 0) is 95.1 Å². The lowest BCUT2D eigenvalue weighted by atomic mass is 10.0. The minimum atomic E-state index is 0.289. The van der Waals surface area contributed by atoms with E-state index in [0.717, 1.165) is 32.7 Å². The van der Waals surface area contributed by atoms with Crippen LogP contribution < -0.4 is 9.47 Å². The second-order valence-corrected chi connectivity index (χ2v) is 7.86. The minimum absolute atomic E-state index is 0.289. The van der Waals surface area contributed by atoms with Crippen molar-refractivity contribution in [3.05, 3.63) is 96.1 Å². The van der Waals surface area contributed by atoms with E-state index in [1.54, 1.807) is 12.1 Å². The molecule has 0 aliphatic carbocycles. The molecule has 0 amide bonds. The van der Waals surface area contributed by atoms with Crippen molar-refractivity contribution in [3.63, 3.8) is 0 Å². The maximum absolute atomic E-state index is 9.90. The Morgan fingerprint density at radius 1 is 0.500 bits per heavy atom. The van der Waals surface area contributed by atoms with E-state index in [2.05, 4.69) is 0 Å². The highest BCUT2D eigenvalue weighted by molar-refractivity contribution is 5.89. The standard InChI is InChI=1S/C28H22O4/c1-17-25-10-8-23(14-19(25)6-12-27(17)29)31-21-4-3-5-22(16-21)32-24-9-11-26-18(2)28(30)13-7-20(26)15-24/h3-16,29-30H,1-2H3. The third-order valence-electron chi connectivity index (χ3n) is 5.74. The molecule has 2 N–H and O–H groups in total. The van der Waals surface area contributed by atoms with E-state index >= 15 is 0 Å². The molecule has 0 spiro atoms. The van der Waals surface area contributed by atoms with Crippen molar-refractivity contribution in [2.75, 3.05) is 0 Å². The summed E-state index contributed by atoms with van der Waals surface area (Å²) in [7, 11) is 0. The van der Waals surface area contributed by atoms with Crippen LogP contribution in [0.3, 0.4) is 0 Å². The zero-order chi connectivity index (χ0) is 22.2. The van der Waals surface area contributed by atoms with Crippen LogP contribution in [-0.4, -0.2) is 10.2 Å². The Kier molecular flexibility index (Phi) is 4.83. The van der Waals surface area contributed by atoms with Crippen molar-refractivity contribution < 1.29 is 19.7 Å². The van der Waals surface area contributed by atoms with Gasteiger partial charge >= 0.3 is 0 Å². The molecule has 5 aromatic carbocycles. The highest BCUT2D eigenvalue weighted by Crippen LogP contribution is 2.34. The molecule has 0 bridgehead atoms. The van der Waals surface area contributed by atoms with Crippen molar-refractivity contribution in [1.29, 1.82) is 0 Å². The molecule has 0 aliphatic heterocycles. The van der Waals surface area contributed by atoms with Gasteiger partial charge in [-0.3, -0.25) is 0 Å². The van der Waals surface area contributed by atoms with Crippen molar-refractivity contribution in [2.24, 2.45) is 0 Å². The number of benzene rings is 5. The number of fused-ring (bicyclic) bond motifs is 2. The maximum Gasteiger partial charge on any atom is 0.131 e. The molecule has 5 rings (SSSR count). The summed E-state index contributed by atoms with van der Waals surface area (Å²) in [6.45, 7) is 3.80. The normalized spacial score (nSPS) is 11.1. The lowest BCUT2D eigenvalue weighted by molar-refractivity contribution is 0.460. The number of phenolic OH excluding ortho intramolecular Hbond substituents is 2. The molecule has 0 aromatic heterocycles. The van der Waals surface area contributed by atoms with E-state index in [9.17, 15) is 10.2 Å². The molecule has 0 radical (unpaired) electrons. The van der Waals surface area contributed by atoms with Gasteiger partial charge in [0.2, 0.25) is 0 Å². The van der Waals surface area contributed by atoms with Crippen LogP contribution in [0.25, 0.3) is 21.5 Å². The molecular formula is C28H22O4. The summed E-state index contributed by atoms with van der Waals surface area (Å²) in [5.74, 6) is 3.33. The SMILES string of the molecule is Cc1c(O)ccc2cc(Oc3cccc(Oc4ccc5c(C)c(O)ccc5c4)c3)ccc12. The van der Waals surface area contributed by atoms with Gasteiger partial charge in [0.15, 0.2) is 0 Å². The Balaban J connectivity index is 1.39. The van der Waals surface area contributed by atoms with Crippen LogP contribution in [0.5, 0.6) is 34.5 Å². The number of aryl methyl sites for hydroxylation is 2. The van der Waals surface area contributed by atoms with Crippen LogP contribution in [0.15, 0.2) is 84.9 Å². The van der Waals surface area contributed by atoms with Crippen LogP contribution in [0, 0.1) is 13.8 Å². The fraction of sp³-hybridized carbons (Fsp3) is 0.0714. The first kappa shape index (κ1) is 19.8. The van der Waals surface area contributed by atoms with Crippen LogP contribution in [0.4, 0.5) is 0 Å². The lowest BCUT2D eigenvalue weighted by Crippen LogP contribution is -1.88. The van der Waals surface area contributed by atoms with E-state index in [1.165, 1.54) is 0 Å². The van der Waals surface area contributed by atoms with E-state index in [0.29, 0.717) is 23.0 Å². The third-order valence-corrected chi connectivity index (χ3v) is 5.74. The Hall–Kier alpha value is -4.18. The first-order chi connectivity index (χ1) is 15.5. The van der Waals surface area contributed by atoms with Crippen molar-refractivity contribution in [3.8, 4) is 34.5 Å². The molecule has 0 aliphatic rings. The topological polar surface area (TPSA) is 58.9 Å². The highest BCUT2D eigenvalue weighted by Gasteiger charge is 2.07. The number of rotatable bonds is 4. The second kappa shape index (κ2) is 7.82. The van der Waals surface area contributed by atoms with Gasteiger partial charge in [-0.2, -0.15) is 0 Å². The number of aromatic hydroxyl groups is 2. The summed E-state index contributed by atoms with van der Waals surface area (Å²) >= 11 is 0. The lowest BCUT2D eigenvalue weighted by Gasteiger charge is -2.12. The van der Waals surface area contributed by atoms with Gasteiger partial charge in [-0.25, -0.2) is 0 Å². The summed E-state index contributed by atoms with van der Waals surface area (Å²) in [5, 5.41) is 23.8. The van der Waals surface area contributed by atoms with Gasteiger partial charge in [-0.1, -0.05) is 30.3 Å². The molecule has 0 atom stereocenters. The fourth-order valence-electron chi connectivity index (χ4n) is 3.90. The molecule has 0 fully saturated rings. The molecule has 4 nitrogen and oxygen atoms in total.